The minimum Gasteiger partial charge on any atom is -0.324 e. The Bertz CT molecular complexity index is 1060. The highest BCUT2D eigenvalue weighted by atomic mass is 35.5. The summed E-state index contributed by atoms with van der Waals surface area (Å²) in [5.41, 5.74) is 6.66. The third kappa shape index (κ3) is 3.00. The van der Waals surface area contributed by atoms with Gasteiger partial charge in [-0.3, -0.25) is 9.56 Å². The van der Waals surface area contributed by atoms with E-state index in [-0.39, 0.29) is 13.1 Å². The van der Waals surface area contributed by atoms with Gasteiger partial charge < -0.3 is 5.73 Å². The number of halogens is 4. The number of nitrogens with zero attached hydrogens (tertiary/aromatic N) is 4. The normalized spacial score (nSPS) is 13.6. The summed E-state index contributed by atoms with van der Waals surface area (Å²) in [6.45, 7) is 0.235. The van der Waals surface area contributed by atoms with Crippen molar-refractivity contribution in [2.24, 2.45) is 10.7 Å². The van der Waals surface area contributed by atoms with Gasteiger partial charge in [-0.1, -0.05) is 29.8 Å². The van der Waals surface area contributed by atoms with Crippen LogP contribution in [0, 0.1) is 0 Å². The van der Waals surface area contributed by atoms with Crippen LogP contribution < -0.4 is 5.73 Å². The maximum absolute atomic E-state index is 13.3. The van der Waals surface area contributed by atoms with E-state index in [4.69, 9.17) is 17.3 Å². The number of alkyl halides is 3. The lowest BCUT2D eigenvalue weighted by molar-refractivity contribution is -0.137. The van der Waals surface area contributed by atoms with Gasteiger partial charge in [-0.2, -0.15) is 13.2 Å². The van der Waals surface area contributed by atoms with E-state index in [0.29, 0.717) is 39.2 Å². The van der Waals surface area contributed by atoms with Crippen LogP contribution in [0.3, 0.4) is 0 Å². The van der Waals surface area contributed by atoms with E-state index in [2.05, 4.69) is 15.2 Å². The second kappa shape index (κ2) is 6.47. The minimum absolute atomic E-state index is 0.0922. The zero-order valence-electron chi connectivity index (χ0n) is 13.8. The van der Waals surface area contributed by atoms with Crippen molar-refractivity contribution in [2.45, 2.75) is 19.3 Å². The van der Waals surface area contributed by atoms with Crippen molar-refractivity contribution in [2.75, 3.05) is 0 Å². The number of aromatic nitrogens is 3. The Morgan fingerprint density at radius 1 is 1.07 bits per heavy atom. The summed E-state index contributed by atoms with van der Waals surface area (Å²) in [6, 6.07) is 10.4. The molecule has 1 aliphatic rings. The Morgan fingerprint density at radius 2 is 1.85 bits per heavy atom. The Hall–Kier alpha value is -2.71. The number of nitrogens with two attached hydrogens (primary N) is 1. The Morgan fingerprint density at radius 3 is 2.56 bits per heavy atom. The summed E-state index contributed by atoms with van der Waals surface area (Å²) >= 11 is 6.29. The molecular formula is C18H13ClF3N5. The predicted molar refractivity (Wildman–Crippen MR) is 95.0 cm³/mol. The van der Waals surface area contributed by atoms with Gasteiger partial charge in [0.2, 0.25) is 0 Å². The molecule has 2 N–H and O–H groups in total. The monoisotopic (exact) mass is 391 g/mol. The first kappa shape index (κ1) is 17.7. The number of fused-ring (bicyclic) bond motifs is 3. The third-order valence-electron chi connectivity index (χ3n) is 4.31. The van der Waals surface area contributed by atoms with Crippen molar-refractivity contribution in [3.63, 3.8) is 0 Å². The van der Waals surface area contributed by atoms with Gasteiger partial charge in [-0.25, -0.2) is 0 Å². The molecule has 2 heterocycles. The molecule has 1 aliphatic heterocycles. The van der Waals surface area contributed by atoms with Crippen LogP contribution in [0.4, 0.5) is 13.2 Å². The quantitative estimate of drug-likeness (QED) is 0.723. The Kier molecular flexibility index (Phi) is 4.24. The van der Waals surface area contributed by atoms with Crippen LogP contribution in [-0.4, -0.2) is 20.5 Å². The maximum Gasteiger partial charge on any atom is 0.416 e. The van der Waals surface area contributed by atoms with Crippen molar-refractivity contribution in [3.05, 3.63) is 75.8 Å². The van der Waals surface area contributed by atoms with Crippen molar-refractivity contribution >= 4 is 17.3 Å². The van der Waals surface area contributed by atoms with E-state index in [1.807, 2.05) is 0 Å². The zero-order valence-corrected chi connectivity index (χ0v) is 14.6. The average Bonchev–Trinajstić information content (AvgIpc) is 2.98. The van der Waals surface area contributed by atoms with Crippen LogP contribution in [0.15, 0.2) is 47.5 Å². The van der Waals surface area contributed by atoms with Gasteiger partial charge in [0.05, 0.1) is 23.5 Å². The van der Waals surface area contributed by atoms with Crippen molar-refractivity contribution in [1.29, 1.82) is 0 Å². The molecular weight excluding hydrogens is 379 g/mol. The van der Waals surface area contributed by atoms with E-state index < -0.39 is 11.7 Å². The summed E-state index contributed by atoms with van der Waals surface area (Å²) in [7, 11) is 0. The molecule has 0 saturated heterocycles. The highest BCUT2D eigenvalue weighted by Gasteiger charge is 2.33. The fourth-order valence-electron chi connectivity index (χ4n) is 3.08. The molecule has 2 aromatic carbocycles. The molecule has 138 valence electrons. The fourth-order valence-corrected chi connectivity index (χ4v) is 3.31. The van der Waals surface area contributed by atoms with Gasteiger partial charge in [0.25, 0.3) is 0 Å². The van der Waals surface area contributed by atoms with E-state index in [1.165, 1.54) is 6.07 Å². The standard InChI is InChI=1S/C18H13ClF3N5/c19-13-4-2-1-3-11(13)17-12-7-10(18(20,21)22)5-6-14(12)27-15(8-23)25-26-16(27)9-24-17/h1-7H,8-9,23H2. The summed E-state index contributed by atoms with van der Waals surface area (Å²) in [5.74, 6) is 0.945. The molecule has 27 heavy (non-hydrogen) atoms. The lowest BCUT2D eigenvalue weighted by Gasteiger charge is -2.16. The molecule has 9 heteroatoms. The summed E-state index contributed by atoms with van der Waals surface area (Å²) in [6.07, 6.45) is -4.49. The van der Waals surface area contributed by atoms with E-state index in [0.717, 1.165) is 12.1 Å². The van der Waals surface area contributed by atoms with Gasteiger partial charge >= 0.3 is 6.18 Å². The van der Waals surface area contributed by atoms with Crippen molar-refractivity contribution in [3.8, 4) is 5.69 Å². The van der Waals surface area contributed by atoms with Crippen LogP contribution in [0.1, 0.15) is 28.3 Å². The minimum atomic E-state index is -4.49. The molecule has 1 aromatic heterocycles. The predicted octanol–water partition coefficient (Wildman–Crippen LogP) is 3.75. The van der Waals surface area contributed by atoms with Gasteiger partial charge in [-0.15, -0.1) is 10.2 Å². The fraction of sp³-hybridized carbons (Fsp3) is 0.167. The molecule has 0 atom stereocenters. The van der Waals surface area contributed by atoms with Crippen molar-refractivity contribution in [1.82, 2.24) is 14.8 Å². The van der Waals surface area contributed by atoms with Crippen LogP contribution in [0.5, 0.6) is 0 Å². The first-order chi connectivity index (χ1) is 12.9. The van der Waals surface area contributed by atoms with Crippen LogP contribution in [-0.2, 0) is 19.3 Å². The van der Waals surface area contributed by atoms with Gasteiger partial charge in [0.1, 0.15) is 6.54 Å². The zero-order chi connectivity index (χ0) is 19.2. The lowest BCUT2D eigenvalue weighted by atomic mass is 9.98. The summed E-state index contributed by atoms with van der Waals surface area (Å²) in [5, 5.41) is 8.49. The molecule has 0 bridgehead atoms. The molecule has 0 radical (unpaired) electrons. The molecule has 0 unspecified atom stereocenters. The Balaban J connectivity index is 2.02. The van der Waals surface area contributed by atoms with Crippen LogP contribution >= 0.6 is 11.6 Å². The number of rotatable bonds is 2. The number of hydrogen-bond acceptors (Lipinski definition) is 4. The van der Waals surface area contributed by atoms with Crippen LogP contribution in [0.25, 0.3) is 5.69 Å². The first-order valence-corrected chi connectivity index (χ1v) is 8.42. The molecule has 3 aromatic rings. The second-order valence-electron chi connectivity index (χ2n) is 5.95. The number of benzene rings is 2. The molecule has 0 saturated carbocycles. The molecule has 5 nitrogen and oxygen atoms in total. The van der Waals surface area contributed by atoms with E-state index >= 15 is 0 Å². The van der Waals surface area contributed by atoms with Crippen molar-refractivity contribution < 1.29 is 13.2 Å². The number of hydrogen-bond donors (Lipinski definition) is 1. The largest absolute Gasteiger partial charge is 0.416 e. The number of aliphatic imine (C=N–C) groups is 1. The SMILES string of the molecule is NCc1nnc2n1-c1ccc(C(F)(F)F)cc1C(c1ccccc1Cl)=NC2. The summed E-state index contributed by atoms with van der Waals surface area (Å²) < 4.78 is 41.7. The first-order valence-electron chi connectivity index (χ1n) is 8.04. The summed E-state index contributed by atoms with van der Waals surface area (Å²) in [4.78, 5) is 4.51. The average molecular weight is 392 g/mol. The topological polar surface area (TPSA) is 69.1 Å². The van der Waals surface area contributed by atoms with Gasteiger partial charge in [0.15, 0.2) is 11.6 Å². The maximum atomic E-state index is 13.3. The van der Waals surface area contributed by atoms with E-state index in [1.54, 1.807) is 28.8 Å². The highest BCUT2D eigenvalue weighted by Crippen LogP contribution is 2.34. The van der Waals surface area contributed by atoms with Gasteiger partial charge in [-0.05, 0) is 24.3 Å². The van der Waals surface area contributed by atoms with E-state index in [9.17, 15) is 13.2 Å². The molecule has 0 amide bonds. The molecule has 0 spiro atoms. The second-order valence-corrected chi connectivity index (χ2v) is 6.35. The molecule has 0 fully saturated rings. The molecule has 0 aliphatic carbocycles. The van der Waals surface area contributed by atoms with Crippen LogP contribution in [0.2, 0.25) is 5.02 Å². The molecule has 4 rings (SSSR count). The smallest absolute Gasteiger partial charge is 0.324 e. The van der Waals surface area contributed by atoms with Gasteiger partial charge in [0, 0.05) is 16.1 Å². The lowest BCUT2D eigenvalue weighted by Crippen LogP contribution is -2.14. The Labute approximate surface area is 157 Å². The highest BCUT2D eigenvalue weighted by molar-refractivity contribution is 6.35. The third-order valence-corrected chi connectivity index (χ3v) is 4.64.